The number of para-hydroxylation sites is 1. The van der Waals surface area contributed by atoms with E-state index in [1.165, 1.54) is 23.7 Å². The van der Waals surface area contributed by atoms with E-state index in [2.05, 4.69) is 55.5 Å². The van der Waals surface area contributed by atoms with Crippen molar-refractivity contribution in [1.29, 1.82) is 0 Å². The molecule has 0 aliphatic carbocycles. The number of rotatable bonds is 6. The van der Waals surface area contributed by atoms with Gasteiger partial charge >= 0.3 is 0 Å². The van der Waals surface area contributed by atoms with Crippen molar-refractivity contribution in [2.75, 3.05) is 0 Å². The number of aryl methyl sites for hydroxylation is 1. The molecule has 0 saturated carbocycles. The summed E-state index contributed by atoms with van der Waals surface area (Å²) in [6.45, 7) is 7.66. The van der Waals surface area contributed by atoms with Gasteiger partial charge in [-0.1, -0.05) is 44.9 Å². The smallest absolute Gasteiger partial charge is 0.0841 e. The molecule has 1 N–H and O–H groups in total. The fourth-order valence-electron chi connectivity index (χ4n) is 2.84. The normalized spacial score (nSPS) is 13.3. The van der Waals surface area contributed by atoms with Crippen LogP contribution in [0.5, 0.6) is 0 Å². The number of benzene rings is 1. The molecule has 2 rings (SSSR count). The van der Waals surface area contributed by atoms with E-state index in [9.17, 15) is 0 Å². The van der Waals surface area contributed by atoms with Crippen molar-refractivity contribution in [2.45, 2.75) is 46.2 Å². The minimum absolute atomic E-state index is 0.538. The third-order valence-electron chi connectivity index (χ3n) is 4.18. The first-order valence-corrected chi connectivity index (χ1v) is 7.31. The van der Waals surface area contributed by atoms with Crippen LogP contribution in [0.3, 0.4) is 0 Å². The van der Waals surface area contributed by atoms with Gasteiger partial charge in [0.15, 0.2) is 0 Å². The standard InChI is InChI=1S/C16H25N3/c1-5-13(6-2)12(3)17-11-15-14-9-7-8-10-16(14)19(4)18-15/h7-10,12-13,17H,5-6,11H2,1-4H3. The maximum atomic E-state index is 4.63. The van der Waals surface area contributed by atoms with Gasteiger partial charge in [-0.05, 0) is 18.9 Å². The van der Waals surface area contributed by atoms with Crippen LogP contribution in [0.1, 0.15) is 39.3 Å². The lowest BCUT2D eigenvalue weighted by atomic mass is 9.95. The summed E-state index contributed by atoms with van der Waals surface area (Å²) in [6, 6.07) is 8.96. The highest BCUT2D eigenvalue weighted by Crippen LogP contribution is 2.18. The quantitative estimate of drug-likeness (QED) is 0.860. The highest BCUT2D eigenvalue weighted by Gasteiger charge is 2.14. The van der Waals surface area contributed by atoms with E-state index in [0.717, 1.165) is 18.2 Å². The van der Waals surface area contributed by atoms with Crippen LogP contribution in [0, 0.1) is 5.92 Å². The van der Waals surface area contributed by atoms with Gasteiger partial charge in [0.1, 0.15) is 0 Å². The molecule has 1 unspecified atom stereocenters. The number of nitrogens with one attached hydrogen (secondary N) is 1. The molecule has 0 amide bonds. The molecule has 0 spiro atoms. The lowest BCUT2D eigenvalue weighted by Crippen LogP contribution is -2.32. The highest BCUT2D eigenvalue weighted by molar-refractivity contribution is 5.81. The van der Waals surface area contributed by atoms with E-state index in [1.807, 2.05) is 11.7 Å². The van der Waals surface area contributed by atoms with Crippen LogP contribution in [-0.4, -0.2) is 15.8 Å². The van der Waals surface area contributed by atoms with Crippen LogP contribution in [0.15, 0.2) is 24.3 Å². The van der Waals surface area contributed by atoms with Gasteiger partial charge in [-0.3, -0.25) is 4.68 Å². The molecule has 0 fully saturated rings. The predicted octanol–water partition coefficient (Wildman–Crippen LogP) is 3.49. The Morgan fingerprint density at radius 1 is 1.21 bits per heavy atom. The van der Waals surface area contributed by atoms with E-state index in [1.54, 1.807) is 0 Å². The van der Waals surface area contributed by atoms with E-state index >= 15 is 0 Å². The predicted molar refractivity (Wildman–Crippen MR) is 81.1 cm³/mol. The summed E-state index contributed by atoms with van der Waals surface area (Å²) in [6.07, 6.45) is 2.46. The SMILES string of the molecule is CCC(CC)C(C)NCc1nn(C)c2ccccc12. The van der Waals surface area contributed by atoms with E-state index in [4.69, 9.17) is 0 Å². The van der Waals surface area contributed by atoms with E-state index < -0.39 is 0 Å². The molecular formula is C16H25N3. The summed E-state index contributed by atoms with van der Waals surface area (Å²) < 4.78 is 1.97. The molecule has 104 valence electrons. The van der Waals surface area contributed by atoms with Crippen molar-refractivity contribution >= 4 is 10.9 Å². The Hall–Kier alpha value is -1.35. The average Bonchev–Trinajstić information content (AvgIpc) is 2.75. The molecule has 0 aliphatic rings. The van der Waals surface area contributed by atoms with Gasteiger partial charge in [0.05, 0.1) is 11.2 Å². The summed E-state index contributed by atoms with van der Waals surface area (Å²) in [5, 5.41) is 9.52. The molecule has 0 bridgehead atoms. The summed E-state index contributed by atoms with van der Waals surface area (Å²) in [7, 11) is 2.01. The zero-order valence-electron chi connectivity index (χ0n) is 12.5. The molecule has 0 aliphatic heterocycles. The van der Waals surface area contributed by atoms with Crippen molar-refractivity contribution in [2.24, 2.45) is 13.0 Å². The van der Waals surface area contributed by atoms with Gasteiger partial charge in [-0.15, -0.1) is 0 Å². The number of nitrogens with zero attached hydrogens (tertiary/aromatic N) is 2. The third-order valence-corrected chi connectivity index (χ3v) is 4.18. The minimum Gasteiger partial charge on any atom is -0.308 e. The first-order valence-electron chi connectivity index (χ1n) is 7.31. The van der Waals surface area contributed by atoms with Crippen LogP contribution in [0.2, 0.25) is 0 Å². The Bertz CT molecular complexity index is 526. The van der Waals surface area contributed by atoms with Crippen LogP contribution in [0.25, 0.3) is 10.9 Å². The maximum absolute atomic E-state index is 4.63. The van der Waals surface area contributed by atoms with Gasteiger partial charge < -0.3 is 5.32 Å². The van der Waals surface area contributed by atoms with Gasteiger partial charge in [-0.2, -0.15) is 5.10 Å². The summed E-state index contributed by atoms with van der Waals surface area (Å²) >= 11 is 0. The lowest BCUT2D eigenvalue weighted by molar-refractivity contribution is 0.352. The van der Waals surface area contributed by atoms with Gasteiger partial charge in [-0.25, -0.2) is 0 Å². The number of hydrogen-bond acceptors (Lipinski definition) is 2. The Balaban J connectivity index is 2.10. The second-order valence-corrected chi connectivity index (χ2v) is 5.33. The fourth-order valence-corrected chi connectivity index (χ4v) is 2.84. The van der Waals surface area contributed by atoms with Crippen molar-refractivity contribution in [3.05, 3.63) is 30.0 Å². The lowest BCUT2D eigenvalue weighted by Gasteiger charge is -2.22. The molecule has 1 heterocycles. The van der Waals surface area contributed by atoms with Crippen molar-refractivity contribution in [1.82, 2.24) is 15.1 Å². The third kappa shape index (κ3) is 2.98. The number of fused-ring (bicyclic) bond motifs is 1. The van der Waals surface area contributed by atoms with E-state index in [-0.39, 0.29) is 0 Å². The van der Waals surface area contributed by atoms with Crippen molar-refractivity contribution < 1.29 is 0 Å². The van der Waals surface area contributed by atoms with Gasteiger partial charge in [0.2, 0.25) is 0 Å². The number of aromatic nitrogens is 2. The Morgan fingerprint density at radius 3 is 2.58 bits per heavy atom. The van der Waals surface area contributed by atoms with Crippen LogP contribution in [0.4, 0.5) is 0 Å². The molecule has 1 aromatic carbocycles. The van der Waals surface area contributed by atoms with Crippen LogP contribution in [-0.2, 0) is 13.6 Å². The number of hydrogen-bond donors (Lipinski definition) is 1. The average molecular weight is 259 g/mol. The highest BCUT2D eigenvalue weighted by atomic mass is 15.3. The first-order chi connectivity index (χ1) is 9.17. The van der Waals surface area contributed by atoms with E-state index in [0.29, 0.717) is 6.04 Å². The molecule has 1 atom stereocenters. The molecule has 0 radical (unpaired) electrons. The fraction of sp³-hybridized carbons (Fsp3) is 0.562. The van der Waals surface area contributed by atoms with Gasteiger partial charge in [0.25, 0.3) is 0 Å². The van der Waals surface area contributed by atoms with Crippen LogP contribution < -0.4 is 5.32 Å². The van der Waals surface area contributed by atoms with Gasteiger partial charge in [0, 0.05) is 25.0 Å². The maximum Gasteiger partial charge on any atom is 0.0841 e. The minimum atomic E-state index is 0.538. The Labute approximate surface area is 116 Å². The molecule has 0 saturated heterocycles. The molecule has 3 heteroatoms. The first kappa shape index (κ1) is 14.1. The molecule has 19 heavy (non-hydrogen) atoms. The van der Waals surface area contributed by atoms with Crippen molar-refractivity contribution in [3.8, 4) is 0 Å². The summed E-state index contributed by atoms with van der Waals surface area (Å²) in [5.74, 6) is 0.745. The topological polar surface area (TPSA) is 29.9 Å². The zero-order chi connectivity index (χ0) is 13.8. The second-order valence-electron chi connectivity index (χ2n) is 5.33. The summed E-state index contributed by atoms with van der Waals surface area (Å²) in [4.78, 5) is 0. The zero-order valence-corrected chi connectivity index (χ0v) is 12.5. The molecule has 2 aromatic rings. The molecule has 3 nitrogen and oxygen atoms in total. The molecule has 1 aromatic heterocycles. The van der Waals surface area contributed by atoms with Crippen molar-refractivity contribution in [3.63, 3.8) is 0 Å². The monoisotopic (exact) mass is 259 g/mol. The second kappa shape index (κ2) is 6.20. The largest absolute Gasteiger partial charge is 0.308 e. The molecular weight excluding hydrogens is 234 g/mol. The Kier molecular flexibility index (Phi) is 4.59. The summed E-state index contributed by atoms with van der Waals surface area (Å²) in [5.41, 5.74) is 2.35. The Morgan fingerprint density at radius 2 is 1.89 bits per heavy atom. The van der Waals surface area contributed by atoms with Crippen LogP contribution >= 0.6 is 0 Å².